The SMILES string of the molecule is CCSCCOC(=O)C1=C(C)NC2=C(C(=O)C[C@@H](c3ccc(OC)cc3)C2)[C@@H]1c1ccccc1OC. The van der Waals surface area contributed by atoms with Crippen molar-refractivity contribution in [2.45, 2.75) is 38.5 Å². The molecule has 0 aromatic heterocycles. The number of thioether (sulfide) groups is 1. The van der Waals surface area contributed by atoms with Crippen molar-refractivity contribution in [2.75, 3.05) is 32.3 Å². The average Bonchev–Trinajstić information content (AvgIpc) is 2.90. The molecule has 2 aromatic rings. The van der Waals surface area contributed by atoms with Gasteiger partial charge in [0.15, 0.2) is 5.78 Å². The van der Waals surface area contributed by atoms with Crippen LogP contribution >= 0.6 is 11.8 Å². The van der Waals surface area contributed by atoms with Gasteiger partial charge in [-0.25, -0.2) is 4.79 Å². The third-order valence-electron chi connectivity index (χ3n) is 6.75. The number of carbonyl (C=O) groups is 2. The zero-order valence-electron chi connectivity index (χ0n) is 21.3. The first kappa shape index (κ1) is 25.9. The van der Waals surface area contributed by atoms with Crippen molar-refractivity contribution in [3.63, 3.8) is 0 Å². The largest absolute Gasteiger partial charge is 0.497 e. The van der Waals surface area contributed by atoms with Crippen LogP contribution in [0.5, 0.6) is 11.5 Å². The minimum atomic E-state index is -0.548. The number of Topliss-reactive ketones (excluding diaryl/α,β-unsaturated/α-hetero) is 1. The van der Waals surface area contributed by atoms with E-state index in [1.165, 1.54) is 0 Å². The minimum absolute atomic E-state index is 0.0276. The highest BCUT2D eigenvalue weighted by Crippen LogP contribution is 2.47. The molecule has 2 atom stereocenters. The number of rotatable bonds is 9. The lowest BCUT2D eigenvalue weighted by atomic mass is 9.71. The summed E-state index contributed by atoms with van der Waals surface area (Å²) in [4.78, 5) is 27.1. The molecule has 0 amide bonds. The smallest absolute Gasteiger partial charge is 0.336 e. The Kier molecular flexibility index (Phi) is 8.41. The highest BCUT2D eigenvalue weighted by atomic mass is 32.2. The van der Waals surface area contributed by atoms with Gasteiger partial charge in [0, 0.05) is 34.7 Å². The van der Waals surface area contributed by atoms with Gasteiger partial charge in [-0.3, -0.25) is 4.79 Å². The maximum atomic E-state index is 13.8. The van der Waals surface area contributed by atoms with E-state index in [9.17, 15) is 9.59 Å². The first-order chi connectivity index (χ1) is 17.5. The van der Waals surface area contributed by atoms with Gasteiger partial charge >= 0.3 is 5.97 Å². The van der Waals surface area contributed by atoms with Crippen LogP contribution in [0.4, 0.5) is 0 Å². The van der Waals surface area contributed by atoms with Crippen molar-refractivity contribution in [2.24, 2.45) is 0 Å². The van der Waals surface area contributed by atoms with Crippen LogP contribution in [0.1, 0.15) is 49.7 Å². The van der Waals surface area contributed by atoms with Crippen LogP contribution in [0.15, 0.2) is 71.1 Å². The Bertz CT molecular complexity index is 1180. The highest BCUT2D eigenvalue weighted by Gasteiger charge is 2.42. The minimum Gasteiger partial charge on any atom is -0.497 e. The number of nitrogens with one attached hydrogen (secondary N) is 1. The summed E-state index contributed by atoms with van der Waals surface area (Å²) in [7, 11) is 3.24. The Hall–Kier alpha value is -3.19. The number of carbonyl (C=O) groups excluding carboxylic acids is 2. The van der Waals surface area contributed by atoms with Gasteiger partial charge in [-0.1, -0.05) is 37.3 Å². The molecule has 0 saturated carbocycles. The molecule has 0 spiro atoms. The van der Waals surface area contributed by atoms with Crippen LogP contribution in [-0.2, 0) is 14.3 Å². The lowest BCUT2D eigenvalue weighted by molar-refractivity contribution is -0.138. The van der Waals surface area contributed by atoms with E-state index in [0.29, 0.717) is 42.0 Å². The van der Waals surface area contributed by atoms with Crippen molar-refractivity contribution < 1.29 is 23.8 Å². The molecule has 1 aliphatic carbocycles. The van der Waals surface area contributed by atoms with Gasteiger partial charge in [-0.15, -0.1) is 0 Å². The first-order valence-electron chi connectivity index (χ1n) is 12.2. The number of esters is 1. The molecule has 2 aliphatic rings. The molecule has 1 aliphatic heterocycles. The number of allylic oxidation sites excluding steroid dienone is 3. The molecule has 1 N–H and O–H groups in total. The molecule has 6 nitrogen and oxygen atoms in total. The molecule has 7 heteroatoms. The molecule has 0 unspecified atom stereocenters. The molecule has 0 bridgehead atoms. The van der Waals surface area contributed by atoms with Crippen LogP contribution in [0, 0.1) is 0 Å². The Labute approximate surface area is 217 Å². The number of ketones is 1. The van der Waals surface area contributed by atoms with E-state index in [0.717, 1.165) is 34.1 Å². The summed E-state index contributed by atoms with van der Waals surface area (Å²) in [5.41, 5.74) is 4.55. The Morgan fingerprint density at radius 2 is 1.81 bits per heavy atom. The number of benzene rings is 2. The Morgan fingerprint density at radius 1 is 1.06 bits per heavy atom. The van der Waals surface area contributed by atoms with Crippen molar-refractivity contribution in [3.05, 3.63) is 82.2 Å². The van der Waals surface area contributed by atoms with E-state index in [2.05, 4.69) is 12.2 Å². The van der Waals surface area contributed by atoms with Gasteiger partial charge in [0.05, 0.1) is 25.7 Å². The monoisotopic (exact) mass is 507 g/mol. The van der Waals surface area contributed by atoms with Crippen LogP contribution in [0.2, 0.25) is 0 Å². The standard InChI is InChI=1S/C29H33NO5S/c1-5-36-15-14-35-29(32)26-18(2)30-23-16-20(19-10-12-21(33-3)13-11-19)17-24(31)28(23)27(26)22-8-6-7-9-25(22)34-4/h6-13,20,27,30H,5,14-17H2,1-4H3/t20-,27+/m0/s1. The highest BCUT2D eigenvalue weighted by molar-refractivity contribution is 7.99. The molecule has 0 radical (unpaired) electrons. The average molecular weight is 508 g/mol. The second-order valence-electron chi connectivity index (χ2n) is 8.87. The van der Waals surface area contributed by atoms with Gasteiger partial charge in [-0.05, 0) is 48.8 Å². The van der Waals surface area contributed by atoms with E-state index in [1.54, 1.807) is 26.0 Å². The van der Waals surface area contributed by atoms with Crippen molar-refractivity contribution in [3.8, 4) is 11.5 Å². The number of ether oxygens (including phenoxy) is 3. The molecular weight excluding hydrogens is 474 g/mol. The summed E-state index contributed by atoms with van der Waals surface area (Å²) >= 11 is 1.72. The van der Waals surface area contributed by atoms with E-state index < -0.39 is 11.9 Å². The Morgan fingerprint density at radius 3 is 2.50 bits per heavy atom. The first-order valence-corrected chi connectivity index (χ1v) is 13.4. The maximum Gasteiger partial charge on any atom is 0.336 e. The summed E-state index contributed by atoms with van der Waals surface area (Å²) < 4.78 is 16.6. The zero-order chi connectivity index (χ0) is 25.7. The summed E-state index contributed by atoms with van der Waals surface area (Å²) in [6.07, 6.45) is 1.04. The van der Waals surface area contributed by atoms with Crippen LogP contribution in [0.3, 0.4) is 0 Å². The fourth-order valence-electron chi connectivity index (χ4n) is 5.05. The Balaban J connectivity index is 1.73. The van der Waals surface area contributed by atoms with E-state index in [1.807, 2.05) is 55.5 Å². The van der Waals surface area contributed by atoms with Gasteiger partial charge in [0.2, 0.25) is 0 Å². The predicted octanol–water partition coefficient (Wildman–Crippen LogP) is 5.36. The number of methoxy groups -OCH3 is 2. The molecule has 4 rings (SSSR count). The summed E-state index contributed by atoms with van der Waals surface area (Å²) in [6.45, 7) is 4.28. The van der Waals surface area contributed by atoms with Crippen LogP contribution < -0.4 is 14.8 Å². The third-order valence-corrected chi connectivity index (χ3v) is 7.61. The molecule has 1 heterocycles. The maximum absolute atomic E-state index is 13.8. The summed E-state index contributed by atoms with van der Waals surface area (Å²) in [5, 5.41) is 3.41. The number of dihydropyridines is 1. The molecule has 0 fully saturated rings. The van der Waals surface area contributed by atoms with Gasteiger partial charge in [0.1, 0.15) is 18.1 Å². The van der Waals surface area contributed by atoms with E-state index in [-0.39, 0.29) is 11.7 Å². The molecular formula is C29H33NO5S. The van der Waals surface area contributed by atoms with Gasteiger partial charge < -0.3 is 19.5 Å². The fourth-order valence-corrected chi connectivity index (χ4v) is 5.54. The fraction of sp³-hybridized carbons (Fsp3) is 0.379. The normalized spacial score (nSPS) is 19.5. The molecule has 0 saturated heterocycles. The van der Waals surface area contributed by atoms with Gasteiger partial charge in [0.25, 0.3) is 0 Å². The van der Waals surface area contributed by atoms with Crippen molar-refractivity contribution in [1.29, 1.82) is 0 Å². The second kappa shape index (κ2) is 11.7. The topological polar surface area (TPSA) is 73.9 Å². The predicted molar refractivity (Wildman–Crippen MR) is 143 cm³/mol. The summed E-state index contributed by atoms with van der Waals surface area (Å²) in [6, 6.07) is 15.5. The second-order valence-corrected chi connectivity index (χ2v) is 10.3. The molecule has 190 valence electrons. The van der Waals surface area contributed by atoms with E-state index >= 15 is 0 Å². The zero-order valence-corrected chi connectivity index (χ0v) is 22.1. The van der Waals surface area contributed by atoms with Crippen molar-refractivity contribution in [1.82, 2.24) is 5.32 Å². The molecule has 2 aromatic carbocycles. The van der Waals surface area contributed by atoms with Crippen LogP contribution in [0.25, 0.3) is 0 Å². The van der Waals surface area contributed by atoms with Crippen LogP contribution in [-0.4, -0.2) is 44.1 Å². The lowest BCUT2D eigenvalue weighted by Crippen LogP contribution is -2.36. The number of hydrogen-bond acceptors (Lipinski definition) is 7. The van der Waals surface area contributed by atoms with E-state index in [4.69, 9.17) is 14.2 Å². The van der Waals surface area contributed by atoms with Crippen molar-refractivity contribution >= 4 is 23.5 Å². The number of hydrogen-bond donors (Lipinski definition) is 1. The summed E-state index contributed by atoms with van der Waals surface area (Å²) in [5.74, 6) is 2.24. The van der Waals surface area contributed by atoms with Gasteiger partial charge in [-0.2, -0.15) is 11.8 Å². The molecule has 36 heavy (non-hydrogen) atoms. The number of para-hydroxylation sites is 1. The third kappa shape index (κ3) is 5.31. The lowest BCUT2D eigenvalue weighted by Gasteiger charge is -2.37. The quantitative estimate of drug-likeness (QED) is 0.362.